The summed E-state index contributed by atoms with van der Waals surface area (Å²) in [7, 11) is 0. The van der Waals surface area contributed by atoms with Gasteiger partial charge in [-0.1, -0.05) is 37.3 Å². The molecule has 1 aromatic rings. The van der Waals surface area contributed by atoms with Crippen LogP contribution in [0.5, 0.6) is 0 Å². The summed E-state index contributed by atoms with van der Waals surface area (Å²) in [6.07, 6.45) is 1.50. The van der Waals surface area contributed by atoms with Crippen LogP contribution in [0.2, 0.25) is 0 Å². The summed E-state index contributed by atoms with van der Waals surface area (Å²) in [5, 5.41) is 2.92. The van der Waals surface area contributed by atoms with Crippen LogP contribution in [-0.4, -0.2) is 31.7 Å². The summed E-state index contributed by atoms with van der Waals surface area (Å²) in [6, 6.07) is 9.65. The minimum Gasteiger partial charge on any atom is -0.380 e. The zero-order chi connectivity index (χ0) is 13.7. The third-order valence-electron chi connectivity index (χ3n) is 3.51. The summed E-state index contributed by atoms with van der Waals surface area (Å²) >= 11 is 0. The van der Waals surface area contributed by atoms with Crippen molar-refractivity contribution in [3.05, 3.63) is 35.9 Å². The molecule has 1 atom stereocenters. The highest BCUT2D eigenvalue weighted by Gasteiger charge is 2.33. The van der Waals surface area contributed by atoms with Crippen LogP contribution < -0.4 is 11.1 Å². The van der Waals surface area contributed by atoms with Crippen molar-refractivity contribution in [2.45, 2.75) is 25.8 Å². The molecule has 0 saturated carbocycles. The van der Waals surface area contributed by atoms with Crippen LogP contribution in [0.1, 0.15) is 18.9 Å². The van der Waals surface area contributed by atoms with Crippen molar-refractivity contribution in [1.82, 2.24) is 5.32 Å². The fourth-order valence-corrected chi connectivity index (χ4v) is 2.08. The van der Waals surface area contributed by atoms with Gasteiger partial charge in [0.05, 0.1) is 19.3 Å². The van der Waals surface area contributed by atoms with Crippen LogP contribution in [0.4, 0.5) is 0 Å². The number of rotatable bonds is 6. The van der Waals surface area contributed by atoms with E-state index in [1.165, 1.54) is 5.56 Å². The predicted octanol–water partition coefficient (Wildman–Crippen LogP) is 1.10. The Labute approximate surface area is 114 Å². The van der Waals surface area contributed by atoms with E-state index in [1.54, 1.807) is 0 Å². The van der Waals surface area contributed by atoms with E-state index in [1.807, 2.05) is 18.2 Å². The number of aryl methyl sites for hydroxylation is 1. The zero-order valence-electron chi connectivity index (χ0n) is 11.4. The van der Waals surface area contributed by atoms with Gasteiger partial charge in [-0.3, -0.25) is 4.79 Å². The molecule has 1 aliphatic heterocycles. The number of carbonyl (C=O) groups is 1. The largest absolute Gasteiger partial charge is 0.380 e. The first-order valence-corrected chi connectivity index (χ1v) is 6.74. The highest BCUT2D eigenvalue weighted by atomic mass is 16.5. The van der Waals surface area contributed by atoms with Crippen LogP contribution >= 0.6 is 0 Å². The van der Waals surface area contributed by atoms with Gasteiger partial charge in [-0.15, -0.1) is 0 Å². The van der Waals surface area contributed by atoms with Gasteiger partial charge >= 0.3 is 0 Å². The van der Waals surface area contributed by atoms with Crippen molar-refractivity contribution in [3.8, 4) is 0 Å². The maximum absolute atomic E-state index is 11.9. The standard InChI is InChI=1S/C15H22N2O2/c1-15(10-19-11-15)9-17-14(18)13(16)8-7-12-5-3-2-4-6-12/h2-6,13H,7-11,16H2,1H3,(H,17,18)/t13-/m0/s1. The second kappa shape index (κ2) is 6.17. The van der Waals surface area contributed by atoms with Crippen molar-refractivity contribution < 1.29 is 9.53 Å². The minimum atomic E-state index is -0.440. The van der Waals surface area contributed by atoms with Gasteiger partial charge in [0.1, 0.15) is 0 Å². The molecular formula is C15H22N2O2. The molecule has 1 saturated heterocycles. The van der Waals surface area contributed by atoms with Crippen LogP contribution in [0.15, 0.2) is 30.3 Å². The fraction of sp³-hybridized carbons (Fsp3) is 0.533. The number of hydrogen-bond acceptors (Lipinski definition) is 3. The second-order valence-corrected chi connectivity index (χ2v) is 5.65. The Morgan fingerprint density at radius 1 is 1.42 bits per heavy atom. The Morgan fingerprint density at radius 3 is 2.68 bits per heavy atom. The van der Waals surface area contributed by atoms with Gasteiger partial charge in [0, 0.05) is 12.0 Å². The Balaban J connectivity index is 1.70. The number of carbonyl (C=O) groups excluding carboxylic acids is 1. The van der Waals surface area contributed by atoms with Crippen LogP contribution in [0.25, 0.3) is 0 Å². The van der Waals surface area contributed by atoms with E-state index in [2.05, 4.69) is 24.4 Å². The minimum absolute atomic E-state index is 0.0657. The maximum Gasteiger partial charge on any atom is 0.236 e. The van der Waals surface area contributed by atoms with Gasteiger partial charge < -0.3 is 15.8 Å². The summed E-state index contributed by atoms with van der Waals surface area (Å²) in [6.45, 7) is 4.18. The maximum atomic E-state index is 11.9. The summed E-state index contributed by atoms with van der Waals surface area (Å²) in [5.74, 6) is -0.0657. The lowest BCUT2D eigenvalue weighted by Gasteiger charge is -2.38. The highest BCUT2D eigenvalue weighted by molar-refractivity contribution is 5.81. The average molecular weight is 262 g/mol. The van der Waals surface area contributed by atoms with Crippen LogP contribution in [0.3, 0.4) is 0 Å². The van der Waals surface area contributed by atoms with E-state index in [0.29, 0.717) is 26.2 Å². The van der Waals surface area contributed by atoms with Gasteiger partial charge in [-0.05, 0) is 18.4 Å². The van der Waals surface area contributed by atoms with E-state index < -0.39 is 6.04 Å². The molecule has 1 amide bonds. The molecule has 0 unspecified atom stereocenters. The Hall–Kier alpha value is -1.39. The molecule has 0 bridgehead atoms. The van der Waals surface area contributed by atoms with Crippen LogP contribution in [0, 0.1) is 5.41 Å². The first-order valence-electron chi connectivity index (χ1n) is 6.74. The topological polar surface area (TPSA) is 64.4 Å². The third-order valence-corrected chi connectivity index (χ3v) is 3.51. The molecule has 1 heterocycles. The fourth-order valence-electron chi connectivity index (χ4n) is 2.08. The summed E-state index contributed by atoms with van der Waals surface area (Å²) < 4.78 is 5.15. The molecular weight excluding hydrogens is 240 g/mol. The normalized spacial score (nSPS) is 18.4. The van der Waals surface area contributed by atoms with Crippen molar-refractivity contribution in [1.29, 1.82) is 0 Å². The summed E-state index contributed by atoms with van der Waals surface area (Å²) in [5.41, 5.74) is 7.22. The van der Waals surface area contributed by atoms with Gasteiger partial charge in [0.25, 0.3) is 0 Å². The molecule has 3 N–H and O–H groups in total. The number of benzene rings is 1. The molecule has 4 heteroatoms. The van der Waals surface area contributed by atoms with Crippen LogP contribution in [-0.2, 0) is 16.0 Å². The highest BCUT2D eigenvalue weighted by Crippen LogP contribution is 2.25. The monoisotopic (exact) mass is 262 g/mol. The molecule has 0 aromatic heterocycles. The quantitative estimate of drug-likeness (QED) is 0.807. The Bertz CT molecular complexity index is 415. The van der Waals surface area contributed by atoms with E-state index in [9.17, 15) is 4.79 Å². The molecule has 0 spiro atoms. The molecule has 104 valence electrons. The van der Waals surface area contributed by atoms with Gasteiger partial charge in [-0.2, -0.15) is 0 Å². The van der Waals surface area contributed by atoms with Crippen molar-refractivity contribution >= 4 is 5.91 Å². The van der Waals surface area contributed by atoms with Crippen molar-refractivity contribution in [2.75, 3.05) is 19.8 Å². The number of hydrogen-bond donors (Lipinski definition) is 2. The second-order valence-electron chi connectivity index (χ2n) is 5.65. The first kappa shape index (κ1) is 14.0. The SMILES string of the molecule is CC1(CNC(=O)[C@@H](N)CCc2ccccc2)COC1. The molecule has 4 nitrogen and oxygen atoms in total. The van der Waals surface area contributed by atoms with Gasteiger partial charge in [0.2, 0.25) is 5.91 Å². The smallest absolute Gasteiger partial charge is 0.236 e. The molecule has 0 radical (unpaired) electrons. The lowest BCUT2D eigenvalue weighted by Crippen LogP contribution is -2.51. The number of nitrogens with two attached hydrogens (primary N) is 1. The summed E-state index contributed by atoms with van der Waals surface area (Å²) in [4.78, 5) is 11.9. The molecule has 2 rings (SSSR count). The van der Waals surface area contributed by atoms with E-state index >= 15 is 0 Å². The predicted molar refractivity (Wildman–Crippen MR) is 74.7 cm³/mol. The first-order chi connectivity index (χ1) is 9.09. The molecule has 0 aliphatic carbocycles. The Kier molecular flexibility index (Phi) is 4.56. The lowest BCUT2D eigenvalue weighted by atomic mass is 9.88. The van der Waals surface area contributed by atoms with E-state index in [-0.39, 0.29) is 11.3 Å². The zero-order valence-corrected chi connectivity index (χ0v) is 11.4. The number of amides is 1. The number of ether oxygens (including phenoxy) is 1. The molecule has 1 aliphatic rings. The average Bonchev–Trinajstić information content (AvgIpc) is 2.41. The van der Waals surface area contributed by atoms with E-state index in [4.69, 9.17) is 10.5 Å². The number of nitrogens with one attached hydrogen (secondary N) is 1. The molecule has 1 fully saturated rings. The van der Waals surface area contributed by atoms with Gasteiger partial charge in [0.15, 0.2) is 0 Å². The van der Waals surface area contributed by atoms with Gasteiger partial charge in [-0.25, -0.2) is 0 Å². The lowest BCUT2D eigenvalue weighted by molar-refractivity contribution is -0.128. The third kappa shape index (κ3) is 4.04. The van der Waals surface area contributed by atoms with Crippen molar-refractivity contribution in [3.63, 3.8) is 0 Å². The van der Waals surface area contributed by atoms with E-state index in [0.717, 1.165) is 6.42 Å². The molecule has 1 aromatic carbocycles. The Morgan fingerprint density at radius 2 is 2.11 bits per heavy atom. The molecule has 19 heavy (non-hydrogen) atoms. The van der Waals surface area contributed by atoms with Crippen molar-refractivity contribution in [2.24, 2.45) is 11.1 Å².